The molecule has 0 aliphatic carbocycles. The Morgan fingerprint density at radius 2 is 2.00 bits per heavy atom. The van der Waals surface area contributed by atoms with Crippen molar-refractivity contribution in [1.29, 1.82) is 0 Å². The van der Waals surface area contributed by atoms with Gasteiger partial charge in [-0.1, -0.05) is 12.1 Å². The molecule has 2 aliphatic heterocycles. The molecule has 1 aromatic carbocycles. The molecule has 1 N–H and O–H groups in total. The SMILES string of the molecule is O=C(Nc1cccc(-c2cnco2)c1)N1CCCC(C(=O)N2CCOCC2)C1. The molecule has 1 atom stereocenters. The van der Waals surface area contributed by atoms with Crippen molar-refractivity contribution in [3.63, 3.8) is 0 Å². The highest BCUT2D eigenvalue weighted by atomic mass is 16.5. The molecule has 2 aliphatic rings. The number of morpholine rings is 1. The number of ether oxygens (including phenoxy) is 1. The maximum Gasteiger partial charge on any atom is 0.321 e. The number of anilines is 1. The number of oxazole rings is 1. The molecule has 4 rings (SSSR count). The summed E-state index contributed by atoms with van der Waals surface area (Å²) < 4.78 is 10.6. The van der Waals surface area contributed by atoms with Crippen LogP contribution in [0.1, 0.15) is 12.8 Å². The lowest BCUT2D eigenvalue weighted by atomic mass is 9.96. The third kappa shape index (κ3) is 4.17. The summed E-state index contributed by atoms with van der Waals surface area (Å²) in [5, 5.41) is 2.93. The van der Waals surface area contributed by atoms with Gasteiger partial charge >= 0.3 is 6.03 Å². The Morgan fingerprint density at radius 3 is 2.79 bits per heavy atom. The number of piperidine rings is 1. The van der Waals surface area contributed by atoms with Crippen molar-refractivity contribution in [2.75, 3.05) is 44.7 Å². The zero-order chi connectivity index (χ0) is 19.3. The number of benzene rings is 1. The molecule has 28 heavy (non-hydrogen) atoms. The molecule has 8 heteroatoms. The second-order valence-corrected chi connectivity index (χ2v) is 7.10. The number of urea groups is 1. The quantitative estimate of drug-likeness (QED) is 0.878. The lowest BCUT2D eigenvalue weighted by Gasteiger charge is -2.36. The second-order valence-electron chi connectivity index (χ2n) is 7.10. The third-order valence-electron chi connectivity index (χ3n) is 5.21. The van der Waals surface area contributed by atoms with Crippen LogP contribution >= 0.6 is 0 Å². The lowest BCUT2D eigenvalue weighted by Crippen LogP contribution is -2.50. The minimum Gasteiger partial charge on any atom is -0.444 e. The van der Waals surface area contributed by atoms with E-state index in [4.69, 9.17) is 9.15 Å². The third-order valence-corrected chi connectivity index (χ3v) is 5.21. The van der Waals surface area contributed by atoms with E-state index in [1.165, 1.54) is 6.39 Å². The van der Waals surface area contributed by atoms with E-state index in [0.29, 0.717) is 50.8 Å². The number of rotatable bonds is 3. The average molecular weight is 384 g/mol. The standard InChI is InChI=1S/C20H24N4O4/c25-19(23-7-9-27-10-8-23)16-4-2-6-24(13-16)20(26)22-17-5-1-3-15(11-17)18-12-21-14-28-18/h1,3,5,11-12,14,16H,2,4,6-10,13H2,(H,22,26). The fraction of sp³-hybridized carbons (Fsp3) is 0.450. The van der Waals surface area contributed by atoms with E-state index in [0.717, 1.165) is 18.4 Å². The number of nitrogens with one attached hydrogen (secondary N) is 1. The summed E-state index contributed by atoms with van der Waals surface area (Å²) in [7, 11) is 0. The highest BCUT2D eigenvalue weighted by Gasteiger charge is 2.31. The molecule has 3 heterocycles. The number of hydrogen-bond acceptors (Lipinski definition) is 5. The van der Waals surface area contributed by atoms with Crippen LogP contribution in [0.25, 0.3) is 11.3 Å². The van der Waals surface area contributed by atoms with E-state index in [1.807, 2.05) is 29.2 Å². The van der Waals surface area contributed by atoms with Crippen molar-refractivity contribution >= 4 is 17.6 Å². The molecule has 0 radical (unpaired) electrons. The smallest absolute Gasteiger partial charge is 0.321 e. The molecule has 0 bridgehead atoms. The Morgan fingerprint density at radius 1 is 1.14 bits per heavy atom. The predicted molar refractivity (Wildman–Crippen MR) is 103 cm³/mol. The number of aromatic nitrogens is 1. The molecule has 0 spiro atoms. The minimum absolute atomic E-state index is 0.133. The Bertz CT molecular complexity index is 817. The van der Waals surface area contributed by atoms with Gasteiger partial charge in [-0.15, -0.1) is 0 Å². The number of likely N-dealkylation sites (tertiary alicyclic amines) is 1. The molecule has 2 saturated heterocycles. The van der Waals surface area contributed by atoms with Crippen LogP contribution in [-0.4, -0.2) is 66.1 Å². The van der Waals surface area contributed by atoms with Crippen LogP contribution in [0.15, 0.2) is 41.3 Å². The summed E-state index contributed by atoms with van der Waals surface area (Å²) in [5.74, 6) is 0.636. The summed E-state index contributed by atoms with van der Waals surface area (Å²) in [6.07, 6.45) is 4.65. The Hall–Kier alpha value is -2.87. The van der Waals surface area contributed by atoms with Crippen LogP contribution in [0, 0.1) is 5.92 Å². The van der Waals surface area contributed by atoms with E-state index >= 15 is 0 Å². The molecule has 8 nitrogen and oxygen atoms in total. The summed E-state index contributed by atoms with van der Waals surface area (Å²) >= 11 is 0. The maximum atomic E-state index is 12.8. The van der Waals surface area contributed by atoms with Crippen LogP contribution in [0.5, 0.6) is 0 Å². The fourth-order valence-corrected chi connectivity index (χ4v) is 3.72. The number of carbonyl (C=O) groups excluding carboxylic acids is 2. The topological polar surface area (TPSA) is 87.9 Å². The molecule has 148 valence electrons. The number of carbonyl (C=O) groups is 2. The van der Waals surface area contributed by atoms with Crippen LogP contribution in [0.4, 0.5) is 10.5 Å². The van der Waals surface area contributed by atoms with Crippen LogP contribution in [0.2, 0.25) is 0 Å². The van der Waals surface area contributed by atoms with Crippen molar-refractivity contribution in [2.45, 2.75) is 12.8 Å². The summed E-state index contributed by atoms with van der Waals surface area (Å²) in [5.41, 5.74) is 1.52. The van der Waals surface area contributed by atoms with Crippen molar-refractivity contribution in [3.8, 4) is 11.3 Å². The van der Waals surface area contributed by atoms with Crippen molar-refractivity contribution < 1.29 is 18.7 Å². The first-order valence-electron chi connectivity index (χ1n) is 9.62. The number of amides is 3. The van der Waals surface area contributed by atoms with E-state index in [9.17, 15) is 9.59 Å². The largest absolute Gasteiger partial charge is 0.444 e. The van der Waals surface area contributed by atoms with Gasteiger partial charge in [0.05, 0.1) is 25.3 Å². The van der Waals surface area contributed by atoms with Gasteiger partial charge in [0.25, 0.3) is 0 Å². The summed E-state index contributed by atoms with van der Waals surface area (Å²) in [4.78, 5) is 33.0. The predicted octanol–water partition coefficient (Wildman–Crippen LogP) is 2.44. The zero-order valence-electron chi connectivity index (χ0n) is 15.7. The van der Waals surface area contributed by atoms with Crippen molar-refractivity contribution in [1.82, 2.24) is 14.8 Å². The van der Waals surface area contributed by atoms with E-state index in [-0.39, 0.29) is 17.9 Å². The fourth-order valence-electron chi connectivity index (χ4n) is 3.72. The van der Waals surface area contributed by atoms with Gasteiger partial charge in [-0.3, -0.25) is 4.79 Å². The van der Waals surface area contributed by atoms with Gasteiger partial charge in [0, 0.05) is 37.4 Å². The zero-order valence-corrected chi connectivity index (χ0v) is 15.7. The lowest BCUT2D eigenvalue weighted by molar-refractivity contribution is -0.141. The number of nitrogens with zero attached hydrogens (tertiary/aromatic N) is 3. The second kappa shape index (κ2) is 8.43. The van der Waals surface area contributed by atoms with E-state index in [2.05, 4.69) is 10.3 Å². The Balaban J connectivity index is 1.38. The van der Waals surface area contributed by atoms with Gasteiger partial charge in [-0.05, 0) is 25.0 Å². The van der Waals surface area contributed by atoms with Crippen molar-refractivity contribution in [3.05, 3.63) is 36.9 Å². The van der Waals surface area contributed by atoms with Gasteiger partial charge < -0.3 is 24.3 Å². The highest BCUT2D eigenvalue weighted by molar-refractivity contribution is 5.90. The normalized spacial score (nSPS) is 20.1. The molecular weight excluding hydrogens is 360 g/mol. The molecule has 1 unspecified atom stereocenters. The highest BCUT2D eigenvalue weighted by Crippen LogP contribution is 2.24. The van der Waals surface area contributed by atoms with Gasteiger partial charge in [-0.25, -0.2) is 9.78 Å². The summed E-state index contributed by atoms with van der Waals surface area (Å²) in [6.45, 7) is 3.55. The van der Waals surface area contributed by atoms with E-state index in [1.54, 1.807) is 11.1 Å². The molecule has 2 aromatic rings. The molecular formula is C20H24N4O4. The first-order valence-corrected chi connectivity index (χ1v) is 9.62. The summed E-state index contributed by atoms with van der Waals surface area (Å²) in [6, 6.07) is 7.24. The molecule has 0 saturated carbocycles. The van der Waals surface area contributed by atoms with Gasteiger partial charge in [-0.2, -0.15) is 0 Å². The van der Waals surface area contributed by atoms with Crippen LogP contribution < -0.4 is 5.32 Å². The van der Waals surface area contributed by atoms with Gasteiger partial charge in [0.15, 0.2) is 12.2 Å². The van der Waals surface area contributed by atoms with Gasteiger partial charge in [0.1, 0.15) is 0 Å². The Labute approximate surface area is 163 Å². The first kappa shape index (κ1) is 18.5. The molecule has 2 fully saturated rings. The number of hydrogen-bond donors (Lipinski definition) is 1. The average Bonchev–Trinajstić information content (AvgIpc) is 3.29. The van der Waals surface area contributed by atoms with Crippen molar-refractivity contribution in [2.24, 2.45) is 5.92 Å². The van der Waals surface area contributed by atoms with Gasteiger partial charge in [0.2, 0.25) is 5.91 Å². The minimum atomic E-state index is -0.186. The molecule has 3 amide bonds. The molecule has 1 aromatic heterocycles. The Kier molecular flexibility index (Phi) is 5.57. The maximum absolute atomic E-state index is 12.8. The van der Waals surface area contributed by atoms with E-state index < -0.39 is 0 Å². The van der Waals surface area contributed by atoms with Crippen LogP contribution in [0.3, 0.4) is 0 Å². The van der Waals surface area contributed by atoms with Crippen LogP contribution in [-0.2, 0) is 9.53 Å². The first-order chi connectivity index (χ1) is 13.7. The monoisotopic (exact) mass is 384 g/mol.